The maximum absolute atomic E-state index is 11.3. The lowest BCUT2D eigenvalue weighted by atomic mass is 10.0. The number of carbonyl (C=O) groups excluding carboxylic acids is 1. The van der Waals surface area contributed by atoms with Gasteiger partial charge < -0.3 is 14.6 Å². The highest BCUT2D eigenvalue weighted by atomic mass is 16.5. The lowest BCUT2D eigenvalue weighted by Gasteiger charge is -2.15. The number of carbonyl (C=O) groups is 1. The Bertz CT molecular complexity index is 641. The Labute approximate surface area is 136 Å². The zero-order valence-corrected chi connectivity index (χ0v) is 13.7. The number of aryl methyl sites for hydroxylation is 2. The molecule has 0 aromatic heterocycles. The van der Waals surface area contributed by atoms with E-state index in [0.717, 1.165) is 28.0 Å². The van der Waals surface area contributed by atoms with E-state index in [1.807, 2.05) is 56.3 Å². The van der Waals surface area contributed by atoms with Crippen molar-refractivity contribution < 1.29 is 19.4 Å². The van der Waals surface area contributed by atoms with Crippen LogP contribution in [-0.4, -0.2) is 24.3 Å². The molecule has 4 nitrogen and oxygen atoms in total. The summed E-state index contributed by atoms with van der Waals surface area (Å²) < 4.78 is 10.5. The van der Waals surface area contributed by atoms with Gasteiger partial charge in [-0.05, 0) is 36.1 Å². The van der Waals surface area contributed by atoms with E-state index in [-0.39, 0.29) is 6.42 Å². The van der Waals surface area contributed by atoms with Crippen molar-refractivity contribution in [2.45, 2.75) is 33.0 Å². The fourth-order valence-corrected chi connectivity index (χ4v) is 2.56. The molecular formula is C19H22O4. The number of benzene rings is 2. The average molecular weight is 314 g/mol. The molecule has 0 aliphatic rings. The predicted octanol–water partition coefficient (Wildman–Crippen LogP) is 2.96. The SMILES string of the molecule is COC(=O)C(O)Cc1cc(C)c(OCc2ccccc2)c(C)c1. The predicted molar refractivity (Wildman–Crippen MR) is 88.4 cm³/mol. The van der Waals surface area contributed by atoms with Crippen molar-refractivity contribution in [1.29, 1.82) is 0 Å². The van der Waals surface area contributed by atoms with Crippen molar-refractivity contribution in [3.8, 4) is 5.75 Å². The molecule has 23 heavy (non-hydrogen) atoms. The van der Waals surface area contributed by atoms with E-state index in [4.69, 9.17) is 4.74 Å². The zero-order chi connectivity index (χ0) is 16.8. The Hall–Kier alpha value is -2.33. The van der Waals surface area contributed by atoms with Gasteiger partial charge in [-0.15, -0.1) is 0 Å². The van der Waals surface area contributed by atoms with E-state index < -0.39 is 12.1 Å². The molecule has 0 spiro atoms. The first-order chi connectivity index (χ1) is 11.0. The minimum atomic E-state index is -1.14. The highest BCUT2D eigenvalue weighted by molar-refractivity contribution is 5.74. The van der Waals surface area contributed by atoms with E-state index in [0.29, 0.717) is 6.61 Å². The van der Waals surface area contributed by atoms with Crippen molar-refractivity contribution in [2.75, 3.05) is 7.11 Å². The standard InChI is InChI=1S/C19H22O4/c1-13-9-16(11-17(20)19(21)22-3)10-14(2)18(13)23-12-15-7-5-4-6-8-15/h4-10,17,20H,11-12H2,1-3H3. The number of ether oxygens (including phenoxy) is 2. The van der Waals surface area contributed by atoms with Crippen molar-refractivity contribution in [3.63, 3.8) is 0 Å². The second-order valence-corrected chi connectivity index (χ2v) is 5.58. The largest absolute Gasteiger partial charge is 0.488 e. The van der Waals surface area contributed by atoms with E-state index in [2.05, 4.69) is 4.74 Å². The first kappa shape index (κ1) is 17.0. The highest BCUT2D eigenvalue weighted by Crippen LogP contribution is 2.26. The molecule has 0 amide bonds. The van der Waals surface area contributed by atoms with Gasteiger partial charge in [0.25, 0.3) is 0 Å². The van der Waals surface area contributed by atoms with Gasteiger partial charge in [-0.2, -0.15) is 0 Å². The molecule has 0 heterocycles. The fraction of sp³-hybridized carbons (Fsp3) is 0.316. The molecule has 0 radical (unpaired) electrons. The van der Waals surface area contributed by atoms with E-state index in [1.54, 1.807) is 0 Å². The topological polar surface area (TPSA) is 55.8 Å². The smallest absolute Gasteiger partial charge is 0.335 e. The average Bonchev–Trinajstić information content (AvgIpc) is 2.54. The van der Waals surface area contributed by atoms with Gasteiger partial charge in [0.2, 0.25) is 0 Å². The number of hydrogen-bond donors (Lipinski definition) is 1. The van der Waals surface area contributed by atoms with E-state index >= 15 is 0 Å². The van der Waals surface area contributed by atoms with Gasteiger partial charge in [0.05, 0.1) is 7.11 Å². The third kappa shape index (κ3) is 4.57. The van der Waals surface area contributed by atoms with Crippen molar-refractivity contribution >= 4 is 5.97 Å². The quantitative estimate of drug-likeness (QED) is 0.833. The normalized spacial score (nSPS) is 11.8. The summed E-state index contributed by atoms with van der Waals surface area (Å²) in [7, 11) is 1.27. The molecule has 0 saturated heterocycles. The van der Waals surface area contributed by atoms with Crippen LogP contribution in [0.2, 0.25) is 0 Å². The summed E-state index contributed by atoms with van der Waals surface area (Å²) in [5, 5.41) is 9.77. The first-order valence-corrected chi connectivity index (χ1v) is 7.54. The van der Waals surface area contributed by atoms with Crippen LogP contribution in [0.1, 0.15) is 22.3 Å². The van der Waals surface area contributed by atoms with Gasteiger partial charge in [-0.25, -0.2) is 4.79 Å². The molecular weight excluding hydrogens is 292 g/mol. The van der Waals surface area contributed by atoms with Crippen LogP contribution in [0, 0.1) is 13.8 Å². The second-order valence-electron chi connectivity index (χ2n) is 5.58. The molecule has 0 aliphatic carbocycles. The van der Waals surface area contributed by atoms with Crippen LogP contribution in [0.25, 0.3) is 0 Å². The van der Waals surface area contributed by atoms with Crippen LogP contribution in [-0.2, 0) is 22.6 Å². The van der Waals surface area contributed by atoms with Crippen molar-refractivity contribution in [1.82, 2.24) is 0 Å². The number of aliphatic hydroxyl groups is 1. The summed E-state index contributed by atoms with van der Waals surface area (Å²) in [6.45, 7) is 4.43. The van der Waals surface area contributed by atoms with Gasteiger partial charge in [-0.3, -0.25) is 0 Å². The minimum Gasteiger partial charge on any atom is -0.488 e. The Morgan fingerprint density at radius 2 is 1.70 bits per heavy atom. The van der Waals surface area contributed by atoms with Gasteiger partial charge in [-0.1, -0.05) is 42.5 Å². The number of rotatable bonds is 6. The second kappa shape index (κ2) is 7.79. The van der Waals surface area contributed by atoms with Crippen LogP contribution in [0.15, 0.2) is 42.5 Å². The van der Waals surface area contributed by atoms with Crippen LogP contribution in [0.5, 0.6) is 5.75 Å². The van der Waals surface area contributed by atoms with Gasteiger partial charge >= 0.3 is 5.97 Å². The molecule has 0 bridgehead atoms. The fourth-order valence-electron chi connectivity index (χ4n) is 2.56. The van der Waals surface area contributed by atoms with Crippen LogP contribution in [0.3, 0.4) is 0 Å². The summed E-state index contributed by atoms with van der Waals surface area (Å²) >= 11 is 0. The number of methoxy groups -OCH3 is 1. The number of esters is 1. The molecule has 4 heteroatoms. The van der Waals surface area contributed by atoms with Crippen LogP contribution in [0.4, 0.5) is 0 Å². The van der Waals surface area contributed by atoms with Crippen LogP contribution < -0.4 is 4.74 Å². The van der Waals surface area contributed by atoms with Crippen molar-refractivity contribution in [3.05, 3.63) is 64.7 Å². The van der Waals surface area contributed by atoms with E-state index in [9.17, 15) is 9.90 Å². The monoisotopic (exact) mass is 314 g/mol. The summed E-state index contributed by atoms with van der Waals surface area (Å²) in [5.74, 6) is 0.217. The summed E-state index contributed by atoms with van der Waals surface area (Å²) in [6.07, 6.45) is -0.914. The van der Waals surface area contributed by atoms with Crippen molar-refractivity contribution in [2.24, 2.45) is 0 Å². The molecule has 0 fully saturated rings. The molecule has 1 atom stereocenters. The maximum Gasteiger partial charge on any atom is 0.335 e. The lowest BCUT2D eigenvalue weighted by molar-refractivity contribution is -0.150. The molecule has 1 unspecified atom stereocenters. The van der Waals surface area contributed by atoms with Gasteiger partial charge in [0.15, 0.2) is 6.10 Å². The Morgan fingerprint density at radius 1 is 1.09 bits per heavy atom. The first-order valence-electron chi connectivity index (χ1n) is 7.54. The maximum atomic E-state index is 11.3. The Balaban J connectivity index is 2.09. The number of aliphatic hydroxyl groups excluding tert-OH is 1. The summed E-state index contributed by atoms with van der Waals surface area (Å²) in [6, 6.07) is 13.8. The zero-order valence-electron chi connectivity index (χ0n) is 13.7. The Morgan fingerprint density at radius 3 is 2.26 bits per heavy atom. The third-order valence-corrected chi connectivity index (χ3v) is 3.65. The lowest BCUT2D eigenvalue weighted by Crippen LogP contribution is -2.24. The third-order valence-electron chi connectivity index (χ3n) is 3.65. The molecule has 0 aliphatic heterocycles. The van der Waals surface area contributed by atoms with Crippen LogP contribution >= 0.6 is 0 Å². The molecule has 1 N–H and O–H groups in total. The summed E-state index contributed by atoms with van der Waals surface area (Å²) in [5.41, 5.74) is 3.95. The van der Waals surface area contributed by atoms with E-state index in [1.165, 1.54) is 7.11 Å². The number of hydrogen-bond acceptors (Lipinski definition) is 4. The molecule has 2 rings (SSSR count). The molecule has 0 saturated carbocycles. The highest BCUT2D eigenvalue weighted by Gasteiger charge is 2.17. The molecule has 2 aromatic carbocycles. The molecule has 2 aromatic rings. The Kier molecular flexibility index (Phi) is 5.77. The van der Waals surface area contributed by atoms with Gasteiger partial charge in [0.1, 0.15) is 12.4 Å². The van der Waals surface area contributed by atoms with Gasteiger partial charge in [0, 0.05) is 6.42 Å². The minimum absolute atomic E-state index is 0.229. The summed E-state index contributed by atoms with van der Waals surface area (Å²) in [4.78, 5) is 11.3. The molecule has 122 valence electrons.